The van der Waals surface area contributed by atoms with E-state index in [0.717, 1.165) is 12.0 Å². The van der Waals surface area contributed by atoms with Crippen molar-refractivity contribution in [3.8, 4) is 0 Å². The lowest BCUT2D eigenvalue weighted by atomic mass is 10.1. The number of unbranched alkanes of at least 4 members (excludes halogenated alkanes) is 1. The molecule has 0 aliphatic heterocycles. The average molecular weight is 180 g/mol. The number of aryl methyl sites for hydroxylation is 1. The normalized spacial score (nSPS) is 10.3. The lowest BCUT2D eigenvalue weighted by molar-refractivity contribution is -0.253. The van der Waals surface area contributed by atoms with Crippen molar-refractivity contribution in [1.29, 1.82) is 0 Å². The molecule has 0 atom stereocenters. The summed E-state index contributed by atoms with van der Waals surface area (Å²) in [6.07, 6.45) is 3.59. The lowest BCUT2D eigenvalue weighted by Gasteiger charge is -2.01. The molecule has 2 heteroatoms. The van der Waals surface area contributed by atoms with Crippen LogP contribution < -0.4 is 0 Å². The predicted molar refractivity (Wildman–Crippen MR) is 52.5 cm³/mol. The zero-order valence-electron chi connectivity index (χ0n) is 7.99. The minimum atomic E-state index is 0.272. The number of hydrogen-bond donors (Lipinski definition) is 1. The molecule has 13 heavy (non-hydrogen) atoms. The molecule has 1 aromatic rings. The van der Waals surface area contributed by atoms with Crippen LogP contribution >= 0.6 is 0 Å². The van der Waals surface area contributed by atoms with Gasteiger partial charge in [0.1, 0.15) is 6.61 Å². The second-order valence-electron chi connectivity index (χ2n) is 3.19. The molecule has 1 rings (SSSR count). The lowest BCUT2D eigenvalue weighted by Crippen LogP contribution is -1.89. The van der Waals surface area contributed by atoms with E-state index in [1.807, 2.05) is 12.1 Å². The van der Waals surface area contributed by atoms with Crippen molar-refractivity contribution in [2.75, 3.05) is 0 Å². The summed E-state index contributed by atoms with van der Waals surface area (Å²) in [7, 11) is 0. The van der Waals surface area contributed by atoms with Gasteiger partial charge in [0.05, 0.1) is 0 Å². The molecule has 1 N–H and O–H groups in total. The van der Waals surface area contributed by atoms with Crippen LogP contribution in [0.15, 0.2) is 24.3 Å². The molecule has 0 saturated carbocycles. The van der Waals surface area contributed by atoms with Gasteiger partial charge in [0.2, 0.25) is 0 Å². The molecule has 0 aliphatic carbocycles. The van der Waals surface area contributed by atoms with Gasteiger partial charge in [-0.05, 0) is 24.0 Å². The Bertz CT molecular complexity index is 228. The highest BCUT2D eigenvalue weighted by Gasteiger charge is 1.94. The zero-order valence-corrected chi connectivity index (χ0v) is 7.99. The van der Waals surface area contributed by atoms with E-state index in [4.69, 9.17) is 5.26 Å². The Morgan fingerprint density at radius 1 is 1.15 bits per heavy atom. The fourth-order valence-corrected chi connectivity index (χ4v) is 1.26. The van der Waals surface area contributed by atoms with Crippen LogP contribution in [0.1, 0.15) is 30.9 Å². The summed E-state index contributed by atoms with van der Waals surface area (Å²) < 4.78 is 0. The molecule has 0 unspecified atom stereocenters. The minimum absolute atomic E-state index is 0.272. The number of rotatable bonds is 5. The monoisotopic (exact) mass is 180 g/mol. The van der Waals surface area contributed by atoms with E-state index in [1.54, 1.807) is 0 Å². The van der Waals surface area contributed by atoms with E-state index in [9.17, 15) is 0 Å². The highest BCUT2D eigenvalue weighted by Crippen LogP contribution is 2.08. The van der Waals surface area contributed by atoms with Crippen molar-refractivity contribution < 1.29 is 10.1 Å². The van der Waals surface area contributed by atoms with Crippen molar-refractivity contribution >= 4 is 0 Å². The van der Waals surface area contributed by atoms with Gasteiger partial charge in [-0.15, -0.1) is 0 Å². The molecular formula is C11H16O2. The second-order valence-corrected chi connectivity index (χ2v) is 3.19. The third kappa shape index (κ3) is 3.57. The Hall–Kier alpha value is -0.860. The predicted octanol–water partition coefficient (Wildman–Crippen LogP) is 3.02. The third-order valence-corrected chi connectivity index (χ3v) is 2.07. The van der Waals surface area contributed by atoms with Crippen LogP contribution in [0.3, 0.4) is 0 Å². The molecule has 2 nitrogen and oxygen atoms in total. The van der Waals surface area contributed by atoms with Crippen molar-refractivity contribution in [2.24, 2.45) is 0 Å². The molecule has 0 bridgehead atoms. The largest absolute Gasteiger partial charge is 0.251 e. The standard InChI is InChI=1S/C11H16O2/c1-2-3-4-10-5-7-11(8-6-10)9-13-12/h5-8,12H,2-4,9H2,1H3. The molecule has 0 amide bonds. The first-order chi connectivity index (χ1) is 6.36. The number of hydrogen-bond acceptors (Lipinski definition) is 2. The van der Waals surface area contributed by atoms with Crippen molar-refractivity contribution in [3.63, 3.8) is 0 Å². The molecule has 0 saturated heterocycles. The summed E-state index contributed by atoms with van der Waals surface area (Å²) in [6.45, 7) is 2.46. The minimum Gasteiger partial charge on any atom is -0.251 e. The van der Waals surface area contributed by atoms with Gasteiger partial charge in [-0.3, -0.25) is 5.26 Å². The van der Waals surface area contributed by atoms with Crippen molar-refractivity contribution in [1.82, 2.24) is 0 Å². The quantitative estimate of drug-likeness (QED) is 0.557. The molecule has 0 aliphatic rings. The smallest absolute Gasteiger partial charge is 0.107 e. The Morgan fingerprint density at radius 3 is 2.31 bits per heavy atom. The summed E-state index contributed by atoms with van der Waals surface area (Å²) in [5.41, 5.74) is 2.35. The highest BCUT2D eigenvalue weighted by molar-refractivity contribution is 5.21. The number of benzene rings is 1. The maximum Gasteiger partial charge on any atom is 0.107 e. The first kappa shape index (κ1) is 10.2. The Balaban J connectivity index is 2.48. The van der Waals surface area contributed by atoms with E-state index in [1.165, 1.54) is 18.4 Å². The van der Waals surface area contributed by atoms with Gasteiger partial charge in [-0.1, -0.05) is 37.6 Å². The van der Waals surface area contributed by atoms with E-state index in [0.29, 0.717) is 0 Å². The summed E-state index contributed by atoms with van der Waals surface area (Å²) in [6, 6.07) is 8.15. The molecule has 0 spiro atoms. The fourth-order valence-electron chi connectivity index (χ4n) is 1.26. The van der Waals surface area contributed by atoms with E-state index < -0.39 is 0 Å². The molecule has 72 valence electrons. The van der Waals surface area contributed by atoms with E-state index >= 15 is 0 Å². The molecule has 0 radical (unpaired) electrons. The SMILES string of the molecule is CCCCc1ccc(COO)cc1. The molecule has 0 heterocycles. The Kier molecular flexibility index (Phi) is 4.50. The molecule has 1 aromatic carbocycles. The average Bonchev–Trinajstić information content (AvgIpc) is 2.17. The molecule has 0 fully saturated rings. The second kappa shape index (κ2) is 5.73. The summed E-state index contributed by atoms with van der Waals surface area (Å²) in [4.78, 5) is 4.05. The topological polar surface area (TPSA) is 29.5 Å². The zero-order chi connectivity index (χ0) is 9.52. The fraction of sp³-hybridized carbons (Fsp3) is 0.455. The third-order valence-electron chi connectivity index (χ3n) is 2.07. The van der Waals surface area contributed by atoms with Crippen LogP contribution in [0.5, 0.6) is 0 Å². The van der Waals surface area contributed by atoms with Crippen LogP contribution in [0.4, 0.5) is 0 Å². The van der Waals surface area contributed by atoms with Crippen LogP contribution in [0, 0.1) is 0 Å². The summed E-state index contributed by atoms with van der Waals surface area (Å²) in [5.74, 6) is 0. The maximum absolute atomic E-state index is 8.23. The summed E-state index contributed by atoms with van der Waals surface area (Å²) in [5, 5.41) is 8.23. The van der Waals surface area contributed by atoms with E-state index in [-0.39, 0.29) is 6.61 Å². The Morgan fingerprint density at radius 2 is 1.77 bits per heavy atom. The highest BCUT2D eigenvalue weighted by atomic mass is 17.1. The summed E-state index contributed by atoms with van der Waals surface area (Å²) >= 11 is 0. The van der Waals surface area contributed by atoms with Gasteiger partial charge in [-0.2, -0.15) is 0 Å². The van der Waals surface area contributed by atoms with Gasteiger partial charge in [-0.25, -0.2) is 4.89 Å². The first-order valence-corrected chi connectivity index (χ1v) is 4.71. The van der Waals surface area contributed by atoms with Gasteiger partial charge >= 0.3 is 0 Å². The van der Waals surface area contributed by atoms with Crippen molar-refractivity contribution in [2.45, 2.75) is 32.8 Å². The van der Waals surface area contributed by atoms with Crippen LogP contribution in [-0.4, -0.2) is 5.26 Å². The molecular weight excluding hydrogens is 164 g/mol. The van der Waals surface area contributed by atoms with Crippen LogP contribution in [0.2, 0.25) is 0 Å². The van der Waals surface area contributed by atoms with Crippen molar-refractivity contribution in [3.05, 3.63) is 35.4 Å². The van der Waals surface area contributed by atoms with Gasteiger partial charge in [0.25, 0.3) is 0 Å². The first-order valence-electron chi connectivity index (χ1n) is 4.71. The Labute approximate surface area is 79.1 Å². The van der Waals surface area contributed by atoms with Crippen LogP contribution in [0.25, 0.3) is 0 Å². The maximum atomic E-state index is 8.23. The van der Waals surface area contributed by atoms with Gasteiger partial charge in [0, 0.05) is 0 Å². The van der Waals surface area contributed by atoms with Gasteiger partial charge in [0.15, 0.2) is 0 Å². The van der Waals surface area contributed by atoms with Crippen LogP contribution in [-0.2, 0) is 17.9 Å². The molecule has 0 aromatic heterocycles. The van der Waals surface area contributed by atoms with Gasteiger partial charge < -0.3 is 0 Å². The van der Waals surface area contributed by atoms with E-state index in [2.05, 4.69) is 23.9 Å².